The first-order chi connectivity index (χ1) is 11.8. The summed E-state index contributed by atoms with van der Waals surface area (Å²) in [7, 11) is -3.62. The molecule has 0 aliphatic rings. The average molecular weight is 386 g/mol. The first-order valence-electron chi connectivity index (χ1n) is 7.43. The third kappa shape index (κ3) is 5.81. The van der Waals surface area contributed by atoms with Gasteiger partial charge in [-0.05, 0) is 28.8 Å². The van der Waals surface area contributed by atoms with Gasteiger partial charge in [0.1, 0.15) is 11.6 Å². The lowest BCUT2D eigenvalue weighted by molar-refractivity contribution is -0.118. The van der Waals surface area contributed by atoms with Crippen LogP contribution in [0.2, 0.25) is 5.02 Å². The molecule has 0 fully saturated rings. The van der Waals surface area contributed by atoms with Gasteiger partial charge in [0.2, 0.25) is 5.91 Å². The predicted molar refractivity (Wildman–Crippen MR) is 94.4 cm³/mol. The van der Waals surface area contributed by atoms with E-state index in [2.05, 4.69) is 5.32 Å². The normalized spacial score (nSPS) is 11.3. The smallest absolute Gasteiger partial charge is 0.235 e. The van der Waals surface area contributed by atoms with Crippen LogP contribution in [0.1, 0.15) is 5.56 Å². The average Bonchev–Trinajstić information content (AvgIpc) is 2.55. The maximum Gasteiger partial charge on any atom is 0.235 e. The molecule has 2 N–H and O–H groups in total. The predicted octanol–water partition coefficient (Wildman–Crippen LogP) is 2.17. The zero-order chi connectivity index (χ0) is 18.4. The minimum atomic E-state index is -3.62. The highest BCUT2D eigenvalue weighted by Crippen LogP contribution is 2.25. The van der Waals surface area contributed by atoms with E-state index in [1.54, 1.807) is 30.3 Å². The summed E-state index contributed by atoms with van der Waals surface area (Å²) in [6.45, 7) is -0.232. The molecule has 0 bridgehead atoms. The van der Waals surface area contributed by atoms with E-state index >= 15 is 0 Å². The van der Waals surface area contributed by atoms with Crippen molar-refractivity contribution in [2.24, 2.45) is 0 Å². The van der Waals surface area contributed by atoms with Crippen molar-refractivity contribution < 1.29 is 22.7 Å². The van der Waals surface area contributed by atoms with E-state index in [1.165, 1.54) is 12.1 Å². The Balaban J connectivity index is 2.06. The Morgan fingerprint density at radius 3 is 2.36 bits per heavy atom. The first kappa shape index (κ1) is 19.4. The summed E-state index contributed by atoms with van der Waals surface area (Å²) in [5, 5.41) is 10.9. The number of carbonyl (C=O) groups excluding carboxylic acids is 1. The van der Waals surface area contributed by atoms with E-state index in [9.17, 15) is 17.6 Å². The van der Waals surface area contributed by atoms with Crippen LogP contribution in [0.3, 0.4) is 0 Å². The van der Waals surface area contributed by atoms with Gasteiger partial charge in [-0.15, -0.1) is 0 Å². The molecule has 0 heterocycles. The summed E-state index contributed by atoms with van der Waals surface area (Å²) in [5.74, 6) is -2.06. The fourth-order valence-corrected chi connectivity index (χ4v) is 3.70. The lowest BCUT2D eigenvalue weighted by Crippen LogP contribution is -2.32. The molecule has 0 aliphatic carbocycles. The Kier molecular flexibility index (Phi) is 6.52. The fourth-order valence-electron chi connectivity index (χ4n) is 2.22. The number of hydrogen-bond donors (Lipinski definition) is 2. The van der Waals surface area contributed by atoms with Crippen molar-refractivity contribution in [2.75, 3.05) is 18.9 Å². The maximum absolute atomic E-state index is 13.2. The van der Waals surface area contributed by atoms with Gasteiger partial charge in [0.05, 0.1) is 17.4 Å². The molecule has 0 aromatic heterocycles. The first-order valence-corrected chi connectivity index (χ1v) is 9.63. The van der Waals surface area contributed by atoms with Gasteiger partial charge >= 0.3 is 0 Å². The second-order valence-corrected chi connectivity index (χ2v) is 7.90. The van der Waals surface area contributed by atoms with Crippen molar-refractivity contribution in [1.29, 1.82) is 0 Å². The lowest BCUT2D eigenvalue weighted by atomic mass is 10.0. The third-order valence-corrected chi connectivity index (χ3v) is 5.14. The molecule has 5 nitrogen and oxygen atoms in total. The van der Waals surface area contributed by atoms with Gasteiger partial charge in [0, 0.05) is 6.54 Å². The van der Waals surface area contributed by atoms with Crippen LogP contribution in [0.5, 0.6) is 0 Å². The van der Waals surface area contributed by atoms with Crippen molar-refractivity contribution >= 4 is 27.3 Å². The van der Waals surface area contributed by atoms with Gasteiger partial charge in [-0.2, -0.15) is 0 Å². The minimum Gasteiger partial charge on any atom is -0.395 e. The summed E-state index contributed by atoms with van der Waals surface area (Å²) in [6, 6.07) is 11.0. The van der Waals surface area contributed by atoms with E-state index in [4.69, 9.17) is 16.7 Å². The summed E-state index contributed by atoms with van der Waals surface area (Å²) < 4.78 is 37.3. The maximum atomic E-state index is 13.2. The highest BCUT2D eigenvalue weighted by molar-refractivity contribution is 7.91. The van der Waals surface area contributed by atoms with Crippen LogP contribution in [0, 0.1) is 5.82 Å². The lowest BCUT2D eigenvalue weighted by Gasteiger charge is -2.07. The molecule has 0 atom stereocenters. The SMILES string of the molecule is O=C(CS(=O)(=O)Cc1ccc(-c2ccc(F)c(Cl)c2)cc1)NCCO. The minimum absolute atomic E-state index is 0.0121. The fraction of sp³-hybridized carbons (Fsp3) is 0.235. The second kappa shape index (κ2) is 8.42. The molecule has 25 heavy (non-hydrogen) atoms. The molecule has 0 saturated carbocycles. The Bertz CT molecular complexity index is 853. The molecule has 0 aliphatic heterocycles. The van der Waals surface area contributed by atoms with Crippen molar-refractivity contribution in [3.8, 4) is 11.1 Å². The van der Waals surface area contributed by atoms with E-state index < -0.39 is 27.3 Å². The van der Waals surface area contributed by atoms with Crippen molar-refractivity contribution in [1.82, 2.24) is 5.32 Å². The van der Waals surface area contributed by atoms with Crippen LogP contribution in [0.25, 0.3) is 11.1 Å². The Labute approximate surface area is 150 Å². The number of aliphatic hydroxyl groups is 1. The molecule has 2 aromatic carbocycles. The molecule has 2 rings (SSSR count). The number of aliphatic hydroxyl groups excluding tert-OH is 1. The van der Waals surface area contributed by atoms with Crippen LogP contribution in [-0.4, -0.2) is 38.3 Å². The van der Waals surface area contributed by atoms with Crippen LogP contribution in [0.15, 0.2) is 42.5 Å². The number of hydrogen-bond acceptors (Lipinski definition) is 4. The van der Waals surface area contributed by atoms with Crippen LogP contribution in [-0.2, 0) is 20.4 Å². The topological polar surface area (TPSA) is 83.5 Å². The van der Waals surface area contributed by atoms with E-state index in [0.717, 1.165) is 5.56 Å². The molecule has 1 amide bonds. The zero-order valence-corrected chi connectivity index (χ0v) is 14.8. The standard InChI is InChI=1S/C17H17ClFNO4S/c18-15-9-14(5-6-16(15)19)13-3-1-12(2-4-13)10-25(23,24)11-17(22)20-7-8-21/h1-6,9,21H,7-8,10-11H2,(H,20,22). The second-order valence-electron chi connectivity index (χ2n) is 5.43. The van der Waals surface area contributed by atoms with Crippen LogP contribution >= 0.6 is 11.6 Å². The summed E-state index contributed by atoms with van der Waals surface area (Å²) >= 11 is 5.76. The van der Waals surface area contributed by atoms with Gasteiger partial charge < -0.3 is 10.4 Å². The molecule has 0 spiro atoms. The van der Waals surface area contributed by atoms with Gasteiger partial charge in [0.15, 0.2) is 9.84 Å². The number of benzene rings is 2. The largest absolute Gasteiger partial charge is 0.395 e. The van der Waals surface area contributed by atoms with Gasteiger partial charge in [-0.3, -0.25) is 4.79 Å². The Morgan fingerprint density at radius 2 is 1.76 bits per heavy atom. The monoisotopic (exact) mass is 385 g/mol. The van der Waals surface area contributed by atoms with Crippen molar-refractivity contribution in [3.05, 3.63) is 58.9 Å². The van der Waals surface area contributed by atoms with E-state index in [0.29, 0.717) is 11.1 Å². The van der Waals surface area contributed by atoms with Gasteiger partial charge in [-0.1, -0.05) is 41.9 Å². The Morgan fingerprint density at radius 1 is 1.12 bits per heavy atom. The molecule has 0 saturated heterocycles. The van der Waals surface area contributed by atoms with Gasteiger partial charge in [0.25, 0.3) is 0 Å². The summed E-state index contributed by atoms with van der Waals surface area (Å²) in [5.41, 5.74) is 2.01. The zero-order valence-electron chi connectivity index (χ0n) is 13.2. The molecular formula is C17H17ClFNO4S. The molecule has 0 radical (unpaired) electrons. The molecule has 8 heteroatoms. The van der Waals surface area contributed by atoms with Crippen molar-refractivity contribution in [2.45, 2.75) is 5.75 Å². The third-order valence-electron chi connectivity index (χ3n) is 3.38. The molecule has 0 unspecified atom stereocenters. The van der Waals surface area contributed by atoms with Crippen LogP contribution in [0.4, 0.5) is 4.39 Å². The number of rotatable bonds is 7. The highest BCUT2D eigenvalue weighted by Gasteiger charge is 2.17. The van der Waals surface area contributed by atoms with E-state index in [1.807, 2.05) is 0 Å². The molecular weight excluding hydrogens is 369 g/mol. The van der Waals surface area contributed by atoms with E-state index in [-0.39, 0.29) is 23.9 Å². The number of amides is 1. The molecule has 134 valence electrons. The highest BCUT2D eigenvalue weighted by atomic mass is 35.5. The Hall–Kier alpha value is -1.96. The molecule has 2 aromatic rings. The number of sulfone groups is 1. The number of carbonyl (C=O) groups is 1. The summed E-state index contributed by atoms with van der Waals surface area (Å²) in [6.07, 6.45) is 0. The van der Waals surface area contributed by atoms with Gasteiger partial charge in [-0.25, -0.2) is 12.8 Å². The number of halogens is 2. The number of nitrogens with one attached hydrogen (secondary N) is 1. The van der Waals surface area contributed by atoms with Crippen LogP contribution < -0.4 is 5.32 Å². The summed E-state index contributed by atoms with van der Waals surface area (Å²) in [4.78, 5) is 11.5. The van der Waals surface area contributed by atoms with Crippen molar-refractivity contribution in [3.63, 3.8) is 0 Å². The quantitative estimate of drug-likeness (QED) is 0.765.